The first-order valence-electron chi connectivity index (χ1n) is 9.54. The van der Waals surface area contributed by atoms with Crippen molar-refractivity contribution >= 4 is 11.6 Å². The lowest BCUT2D eigenvalue weighted by Gasteiger charge is -2.20. The predicted octanol–water partition coefficient (Wildman–Crippen LogP) is 3.59. The molecule has 0 saturated heterocycles. The summed E-state index contributed by atoms with van der Waals surface area (Å²) in [6.45, 7) is 6.59. The highest BCUT2D eigenvalue weighted by atomic mass is 16.5. The molecule has 0 aliphatic carbocycles. The summed E-state index contributed by atoms with van der Waals surface area (Å²) in [5.41, 5.74) is 3.89. The number of hydrogen-bond donors (Lipinski definition) is 1. The Balaban J connectivity index is 1.41. The molecule has 1 aliphatic rings. The van der Waals surface area contributed by atoms with E-state index in [0.717, 1.165) is 43.7 Å². The molecule has 0 saturated carbocycles. The first kappa shape index (κ1) is 18.3. The van der Waals surface area contributed by atoms with Gasteiger partial charge in [-0.2, -0.15) is 0 Å². The van der Waals surface area contributed by atoms with Crippen LogP contribution in [0.5, 0.6) is 5.75 Å². The summed E-state index contributed by atoms with van der Waals surface area (Å²) in [6.07, 6.45) is 2.44. The second-order valence-corrected chi connectivity index (χ2v) is 6.73. The fourth-order valence-corrected chi connectivity index (χ4v) is 3.42. The van der Waals surface area contributed by atoms with E-state index in [-0.39, 0.29) is 5.91 Å². The number of rotatable bonds is 8. The number of aryl methyl sites for hydroxylation is 1. The van der Waals surface area contributed by atoms with Gasteiger partial charge in [-0.25, -0.2) is 0 Å². The highest BCUT2D eigenvalue weighted by Crippen LogP contribution is 2.27. The van der Waals surface area contributed by atoms with Crippen LogP contribution in [-0.2, 0) is 17.6 Å². The molecule has 0 unspecified atom stereocenters. The Morgan fingerprint density at radius 3 is 2.81 bits per heavy atom. The van der Waals surface area contributed by atoms with Crippen molar-refractivity contribution in [3.63, 3.8) is 0 Å². The minimum atomic E-state index is -0.491. The van der Waals surface area contributed by atoms with Crippen molar-refractivity contribution in [2.45, 2.75) is 39.2 Å². The number of carbonyl (C=O) groups excluding carboxylic acids is 1. The standard InChI is InChI=1S/C22H28N2O2/c1-3-18-9-5-7-12-21(18)26-17(2)22(25)23-14-8-15-24-16-13-19-10-4-6-11-20(19)24/h4-7,9-12,17H,3,8,13-16H2,1-2H3,(H,23,25)/t17-/m0/s1. The van der Waals surface area contributed by atoms with Crippen molar-refractivity contribution in [2.75, 3.05) is 24.5 Å². The van der Waals surface area contributed by atoms with Gasteiger partial charge in [0.2, 0.25) is 0 Å². The number of para-hydroxylation sites is 2. The molecule has 1 heterocycles. The van der Waals surface area contributed by atoms with Gasteiger partial charge in [-0.3, -0.25) is 4.79 Å². The van der Waals surface area contributed by atoms with E-state index in [1.54, 1.807) is 6.92 Å². The van der Waals surface area contributed by atoms with Crippen LogP contribution in [0.4, 0.5) is 5.69 Å². The summed E-state index contributed by atoms with van der Waals surface area (Å²) in [6, 6.07) is 16.5. The fraction of sp³-hybridized carbons (Fsp3) is 0.409. The Bertz CT molecular complexity index is 744. The molecule has 0 spiro atoms. The van der Waals surface area contributed by atoms with Gasteiger partial charge in [-0.1, -0.05) is 43.3 Å². The van der Waals surface area contributed by atoms with Crippen molar-refractivity contribution in [3.05, 3.63) is 59.7 Å². The average molecular weight is 352 g/mol. The van der Waals surface area contributed by atoms with E-state index in [0.29, 0.717) is 6.54 Å². The third-order valence-electron chi connectivity index (χ3n) is 4.91. The molecule has 1 aliphatic heterocycles. The number of hydrogen-bond acceptors (Lipinski definition) is 3. The number of ether oxygens (including phenoxy) is 1. The van der Waals surface area contributed by atoms with E-state index in [9.17, 15) is 4.79 Å². The van der Waals surface area contributed by atoms with Gasteiger partial charge in [0, 0.05) is 25.3 Å². The van der Waals surface area contributed by atoms with E-state index in [2.05, 4.69) is 41.4 Å². The Hall–Kier alpha value is -2.49. The van der Waals surface area contributed by atoms with Crippen LogP contribution in [0.15, 0.2) is 48.5 Å². The van der Waals surface area contributed by atoms with Crippen LogP contribution < -0.4 is 15.0 Å². The van der Waals surface area contributed by atoms with E-state index in [4.69, 9.17) is 4.74 Å². The fourth-order valence-electron chi connectivity index (χ4n) is 3.42. The minimum Gasteiger partial charge on any atom is -0.481 e. The Morgan fingerprint density at radius 1 is 1.19 bits per heavy atom. The maximum atomic E-state index is 12.3. The Kier molecular flexibility index (Phi) is 6.16. The Labute approximate surface area is 156 Å². The number of fused-ring (bicyclic) bond motifs is 1. The summed E-state index contributed by atoms with van der Waals surface area (Å²) in [5.74, 6) is 0.740. The summed E-state index contributed by atoms with van der Waals surface area (Å²) in [4.78, 5) is 14.7. The number of anilines is 1. The van der Waals surface area contributed by atoms with Crippen LogP contribution in [0.2, 0.25) is 0 Å². The molecular weight excluding hydrogens is 324 g/mol. The summed E-state index contributed by atoms with van der Waals surface area (Å²) in [7, 11) is 0. The van der Waals surface area contributed by atoms with E-state index < -0.39 is 6.10 Å². The quantitative estimate of drug-likeness (QED) is 0.738. The molecule has 2 aromatic carbocycles. The van der Waals surface area contributed by atoms with Gasteiger partial charge >= 0.3 is 0 Å². The molecule has 4 nitrogen and oxygen atoms in total. The van der Waals surface area contributed by atoms with Gasteiger partial charge in [0.05, 0.1) is 0 Å². The lowest BCUT2D eigenvalue weighted by molar-refractivity contribution is -0.127. The lowest BCUT2D eigenvalue weighted by Crippen LogP contribution is -2.38. The zero-order valence-electron chi connectivity index (χ0n) is 15.7. The molecule has 138 valence electrons. The molecule has 2 aromatic rings. The molecule has 1 amide bonds. The molecular formula is C22H28N2O2. The third-order valence-corrected chi connectivity index (χ3v) is 4.91. The second kappa shape index (κ2) is 8.75. The molecule has 3 rings (SSSR count). The lowest BCUT2D eigenvalue weighted by atomic mass is 10.1. The highest BCUT2D eigenvalue weighted by Gasteiger charge is 2.18. The van der Waals surface area contributed by atoms with Crippen molar-refractivity contribution in [1.82, 2.24) is 5.32 Å². The number of benzene rings is 2. The zero-order chi connectivity index (χ0) is 18.4. The van der Waals surface area contributed by atoms with Crippen LogP contribution in [0.1, 0.15) is 31.4 Å². The molecule has 1 N–H and O–H groups in total. The number of nitrogens with one attached hydrogen (secondary N) is 1. The number of carbonyl (C=O) groups is 1. The first-order chi connectivity index (χ1) is 12.7. The van der Waals surface area contributed by atoms with E-state index >= 15 is 0 Å². The minimum absolute atomic E-state index is 0.0577. The molecule has 0 bridgehead atoms. The Morgan fingerprint density at radius 2 is 1.96 bits per heavy atom. The van der Waals surface area contributed by atoms with E-state index in [1.807, 2.05) is 24.3 Å². The van der Waals surface area contributed by atoms with Crippen molar-refractivity contribution in [2.24, 2.45) is 0 Å². The monoisotopic (exact) mass is 352 g/mol. The van der Waals surface area contributed by atoms with Gasteiger partial charge < -0.3 is 15.0 Å². The summed E-state index contributed by atoms with van der Waals surface area (Å²) >= 11 is 0. The van der Waals surface area contributed by atoms with Crippen LogP contribution in [0, 0.1) is 0 Å². The highest BCUT2D eigenvalue weighted by molar-refractivity contribution is 5.80. The maximum absolute atomic E-state index is 12.3. The molecule has 26 heavy (non-hydrogen) atoms. The normalized spacial score (nSPS) is 14.0. The van der Waals surface area contributed by atoms with Crippen LogP contribution >= 0.6 is 0 Å². The van der Waals surface area contributed by atoms with E-state index in [1.165, 1.54) is 11.3 Å². The predicted molar refractivity (Wildman–Crippen MR) is 106 cm³/mol. The van der Waals surface area contributed by atoms with Gasteiger partial charge in [-0.05, 0) is 49.4 Å². The van der Waals surface area contributed by atoms with Crippen molar-refractivity contribution < 1.29 is 9.53 Å². The zero-order valence-corrected chi connectivity index (χ0v) is 15.7. The van der Waals surface area contributed by atoms with Crippen molar-refractivity contribution in [3.8, 4) is 5.75 Å². The smallest absolute Gasteiger partial charge is 0.260 e. The molecule has 1 atom stereocenters. The second-order valence-electron chi connectivity index (χ2n) is 6.73. The van der Waals surface area contributed by atoms with Gasteiger partial charge in [0.1, 0.15) is 5.75 Å². The summed E-state index contributed by atoms with van der Waals surface area (Å²) in [5, 5.41) is 3.00. The van der Waals surface area contributed by atoms with Crippen molar-refractivity contribution in [1.29, 1.82) is 0 Å². The number of nitrogens with zero attached hydrogens (tertiary/aromatic N) is 1. The van der Waals surface area contributed by atoms with Gasteiger partial charge in [-0.15, -0.1) is 0 Å². The molecule has 4 heteroatoms. The molecule has 0 fully saturated rings. The van der Waals surface area contributed by atoms with Gasteiger partial charge in [0.25, 0.3) is 5.91 Å². The van der Waals surface area contributed by atoms with Gasteiger partial charge in [0.15, 0.2) is 6.10 Å². The third kappa shape index (κ3) is 4.37. The van der Waals surface area contributed by atoms with Crippen LogP contribution in [0.25, 0.3) is 0 Å². The van der Waals surface area contributed by atoms with Crippen LogP contribution in [0.3, 0.4) is 0 Å². The average Bonchev–Trinajstić information content (AvgIpc) is 3.08. The first-order valence-corrected chi connectivity index (χ1v) is 9.54. The topological polar surface area (TPSA) is 41.6 Å². The van der Waals surface area contributed by atoms with Crippen LogP contribution in [-0.4, -0.2) is 31.6 Å². The molecule has 0 radical (unpaired) electrons. The molecule has 0 aromatic heterocycles. The largest absolute Gasteiger partial charge is 0.481 e. The number of amides is 1. The summed E-state index contributed by atoms with van der Waals surface area (Å²) < 4.78 is 5.85. The SMILES string of the molecule is CCc1ccccc1O[C@@H](C)C(=O)NCCCN1CCc2ccccc21. The maximum Gasteiger partial charge on any atom is 0.260 e.